The molecule has 1 saturated heterocycles. The number of hydrogen-bond acceptors (Lipinski definition) is 9. The Morgan fingerprint density at radius 1 is 1.19 bits per heavy atom. The van der Waals surface area contributed by atoms with Crippen LogP contribution in [-0.2, 0) is 33.0 Å². The summed E-state index contributed by atoms with van der Waals surface area (Å²) in [6.07, 6.45) is 0.378. The Bertz CT molecular complexity index is 2150. The molecule has 0 amide bonds. The number of aromatic nitrogens is 5. The minimum absolute atomic E-state index is 0.0477. The zero-order valence-electron chi connectivity index (χ0n) is 26.2. The standard InChI is InChI=1S/C32H31F3N8O4S/c1-17-7-8-25(31(19(3)26(31)29(44)45)22-9-11-43-27(18(22)2)39-40-30(43)32(33,34)35)38-23(17)16-41-15-21-6-4-5-10-42(21)28-24(48(41,46)47)12-20(13-36)14-37-28/h7-9,11-12,14,19,21,26H,4-6,10,15-16H2,1-3H3,(H,44,45)/t19-,21+,26?,31-/m1/s1. The Balaban J connectivity index is 1.34. The fourth-order valence-corrected chi connectivity index (χ4v) is 9.38. The molecule has 4 aromatic rings. The number of nitriles is 1. The SMILES string of the molecule is Cc1ccc([C@@]2(c3ccn4c(C(F)(F)F)nnc4c3C)C(C(=O)O)[C@H]2C)nc1CN1C[C@@H]2CCCCN2c2ncc(C#N)cc2S1(=O)=O. The molecule has 4 aromatic heterocycles. The van der Waals surface area contributed by atoms with Gasteiger partial charge in [-0.2, -0.15) is 22.7 Å². The van der Waals surface area contributed by atoms with Crippen LogP contribution in [0.4, 0.5) is 19.0 Å². The molecule has 2 fully saturated rings. The molecule has 1 unspecified atom stereocenters. The number of fused-ring (bicyclic) bond motifs is 4. The molecule has 250 valence electrons. The summed E-state index contributed by atoms with van der Waals surface area (Å²) in [6, 6.07) is 8.11. The highest BCUT2D eigenvalue weighted by atomic mass is 32.2. The molecular formula is C32H31F3N8O4S. The van der Waals surface area contributed by atoms with E-state index >= 15 is 0 Å². The van der Waals surface area contributed by atoms with Gasteiger partial charge in [0.15, 0.2) is 5.65 Å². The third-order valence-corrected chi connectivity index (χ3v) is 12.0. The van der Waals surface area contributed by atoms with E-state index in [1.807, 2.05) is 11.0 Å². The topological polar surface area (TPSA) is 158 Å². The predicted octanol–water partition coefficient (Wildman–Crippen LogP) is 4.23. The van der Waals surface area contributed by atoms with E-state index in [4.69, 9.17) is 4.98 Å². The lowest BCUT2D eigenvalue weighted by atomic mass is 9.85. The van der Waals surface area contributed by atoms with Crippen LogP contribution in [0.2, 0.25) is 0 Å². The number of aryl methyl sites for hydroxylation is 2. The van der Waals surface area contributed by atoms with Crippen molar-refractivity contribution in [3.8, 4) is 6.07 Å². The first kappa shape index (κ1) is 32.0. The summed E-state index contributed by atoms with van der Waals surface area (Å²) in [5, 5.41) is 27.0. The number of piperidine rings is 1. The van der Waals surface area contributed by atoms with E-state index in [0.29, 0.717) is 40.4 Å². The molecular weight excluding hydrogens is 649 g/mol. The number of carboxylic acid groups (broad SMARTS) is 1. The number of rotatable bonds is 5. The summed E-state index contributed by atoms with van der Waals surface area (Å²) in [4.78, 5) is 23.9. The molecule has 0 aromatic carbocycles. The maximum absolute atomic E-state index is 14.3. The molecule has 1 N–H and O–H groups in total. The van der Waals surface area contributed by atoms with Crippen molar-refractivity contribution in [3.63, 3.8) is 0 Å². The van der Waals surface area contributed by atoms with Gasteiger partial charge in [-0.15, -0.1) is 10.2 Å². The number of sulfonamides is 1. The number of anilines is 1. The number of halogens is 3. The molecule has 2 aliphatic heterocycles. The van der Waals surface area contributed by atoms with Gasteiger partial charge in [-0.1, -0.05) is 13.0 Å². The monoisotopic (exact) mass is 680 g/mol. The minimum Gasteiger partial charge on any atom is -0.481 e. The van der Waals surface area contributed by atoms with E-state index in [1.165, 1.54) is 28.8 Å². The van der Waals surface area contributed by atoms with E-state index in [0.717, 1.165) is 23.7 Å². The second-order valence-electron chi connectivity index (χ2n) is 12.8. The number of carboxylic acids is 1. The lowest BCUT2D eigenvalue weighted by Gasteiger charge is -2.36. The van der Waals surface area contributed by atoms with Crippen LogP contribution in [0.5, 0.6) is 0 Å². The van der Waals surface area contributed by atoms with E-state index < -0.39 is 45.2 Å². The van der Waals surface area contributed by atoms with Crippen molar-refractivity contribution in [2.24, 2.45) is 11.8 Å². The molecule has 7 rings (SSSR count). The van der Waals surface area contributed by atoms with Gasteiger partial charge < -0.3 is 10.0 Å². The molecule has 0 radical (unpaired) electrons. The van der Waals surface area contributed by atoms with Crippen molar-refractivity contribution in [1.29, 1.82) is 5.26 Å². The predicted molar refractivity (Wildman–Crippen MR) is 164 cm³/mol. The van der Waals surface area contributed by atoms with E-state index in [1.54, 1.807) is 32.9 Å². The Labute approximate surface area is 273 Å². The zero-order chi connectivity index (χ0) is 34.3. The molecule has 0 spiro atoms. The number of hydrogen-bond donors (Lipinski definition) is 1. The van der Waals surface area contributed by atoms with Gasteiger partial charge in [0.2, 0.25) is 15.8 Å². The van der Waals surface area contributed by atoms with Crippen LogP contribution in [0.15, 0.2) is 41.6 Å². The maximum atomic E-state index is 14.3. The fraction of sp³-hybridized carbons (Fsp3) is 0.438. The lowest BCUT2D eigenvalue weighted by Crippen LogP contribution is -2.45. The summed E-state index contributed by atoms with van der Waals surface area (Å²) in [5.41, 5.74) is 1.11. The summed E-state index contributed by atoms with van der Waals surface area (Å²) in [6.45, 7) is 5.79. The van der Waals surface area contributed by atoms with Gasteiger partial charge in [-0.3, -0.25) is 14.2 Å². The lowest BCUT2D eigenvalue weighted by molar-refractivity contribution is -0.145. The smallest absolute Gasteiger partial charge is 0.452 e. The highest BCUT2D eigenvalue weighted by molar-refractivity contribution is 7.89. The van der Waals surface area contributed by atoms with Crippen molar-refractivity contribution in [1.82, 2.24) is 28.9 Å². The number of nitrogens with zero attached hydrogens (tertiary/aromatic N) is 8. The average Bonchev–Trinajstić information content (AvgIpc) is 3.44. The largest absolute Gasteiger partial charge is 0.481 e. The van der Waals surface area contributed by atoms with Gasteiger partial charge in [-0.05, 0) is 73.9 Å². The van der Waals surface area contributed by atoms with Gasteiger partial charge in [0, 0.05) is 31.5 Å². The van der Waals surface area contributed by atoms with Crippen LogP contribution in [-0.4, -0.2) is 67.5 Å². The maximum Gasteiger partial charge on any atom is 0.452 e. The van der Waals surface area contributed by atoms with Crippen molar-refractivity contribution in [3.05, 3.63) is 76.1 Å². The minimum atomic E-state index is -4.75. The van der Waals surface area contributed by atoms with Crippen molar-refractivity contribution >= 4 is 27.5 Å². The third kappa shape index (κ3) is 4.66. The Morgan fingerprint density at radius 2 is 1.96 bits per heavy atom. The Morgan fingerprint density at radius 3 is 2.65 bits per heavy atom. The highest BCUT2D eigenvalue weighted by Gasteiger charge is 2.69. The van der Waals surface area contributed by atoms with Crippen LogP contribution >= 0.6 is 0 Å². The molecule has 3 aliphatic rings. The van der Waals surface area contributed by atoms with Gasteiger partial charge in [0.25, 0.3) is 0 Å². The second-order valence-corrected chi connectivity index (χ2v) is 14.7. The fourth-order valence-electron chi connectivity index (χ4n) is 7.76. The number of aliphatic carboxylic acids is 1. The third-order valence-electron chi connectivity index (χ3n) is 10.2. The van der Waals surface area contributed by atoms with Gasteiger partial charge in [-0.25, -0.2) is 13.4 Å². The quantitative estimate of drug-likeness (QED) is 0.324. The molecule has 1 saturated carbocycles. The van der Waals surface area contributed by atoms with Crippen molar-refractivity contribution in [2.45, 2.75) is 69.1 Å². The van der Waals surface area contributed by atoms with Gasteiger partial charge in [0.1, 0.15) is 16.8 Å². The van der Waals surface area contributed by atoms with Crippen LogP contribution in [0, 0.1) is 37.0 Å². The first-order valence-electron chi connectivity index (χ1n) is 15.5. The number of carbonyl (C=O) groups is 1. The van der Waals surface area contributed by atoms with Crippen LogP contribution in [0.1, 0.15) is 65.7 Å². The molecule has 0 bridgehead atoms. The zero-order valence-corrected chi connectivity index (χ0v) is 27.0. The summed E-state index contributed by atoms with van der Waals surface area (Å²) >= 11 is 0. The molecule has 6 heterocycles. The first-order valence-corrected chi connectivity index (χ1v) is 16.9. The second kappa shape index (κ2) is 11.0. The Hall–Kier alpha value is -4.62. The van der Waals surface area contributed by atoms with E-state index in [2.05, 4.69) is 15.2 Å². The van der Waals surface area contributed by atoms with Crippen molar-refractivity contribution < 1.29 is 31.5 Å². The normalized spacial score (nSPS) is 25.2. The number of pyridine rings is 3. The molecule has 12 nitrogen and oxygen atoms in total. The van der Waals surface area contributed by atoms with E-state index in [-0.39, 0.29) is 35.2 Å². The molecule has 48 heavy (non-hydrogen) atoms. The summed E-state index contributed by atoms with van der Waals surface area (Å²) in [7, 11) is -4.15. The first-order chi connectivity index (χ1) is 22.7. The van der Waals surface area contributed by atoms with Gasteiger partial charge in [0.05, 0.1) is 34.8 Å². The Kier molecular flexibility index (Phi) is 7.29. The van der Waals surface area contributed by atoms with Gasteiger partial charge >= 0.3 is 12.1 Å². The number of alkyl halides is 3. The average molecular weight is 681 g/mol. The molecule has 16 heteroatoms. The van der Waals surface area contributed by atoms with Crippen LogP contribution in [0.25, 0.3) is 5.65 Å². The van der Waals surface area contributed by atoms with Crippen LogP contribution < -0.4 is 4.90 Å². The molecule has 4 atom stereocenters. The van der Waals surface area contributed by atoms with E-state index in [9.17, 15) is 36.8 Å². The highest BCUT2D eigenvalue weighted by Crippen LogP contribution is 2.64. The summed E-state index contributed by atoms with van der Waals surface area (Å²) in [5.74, 6) is -3.41. The van der Waals surface area contributed by atoms with Crippen LogP contribution in [0.3, 0.4) is 0 Å². The summed E-state index contributed by atoms with van der Waals surface area (Å²) < 4.78 is 71.5. The molecule has 1 aliphatic carbocycles. The van der Waals surface area contributed by atoms with Crippen molar-refractivity contribution in [2.75, 3.05) is 18.0 Å².